The molecule has 1 aromatic carbocycles. The lowest BCUT2D eigenvalue weighted by Gasteiger charge is -2.37. The molecule has 1 amide bonds. The van der Waals surface area contributed by atoms with Gasteiger partial charge in [0.05, 0.1) is 18.8 Å². The molecule has 2 aliphatic heterocycles. The second-order valence-corrected chi connectivity index (χ2v) is 6.17. The van der Waals surface area contributed by atoms with Gasteiger partial charge in [-0.1, -0.05) is 12.1 Å². The normalized spacial score (nSPS) is 24.0. The molecule has 2 fully saturated rings. The molecule has 0 radical (unpaired) electrons. The zero-order valence-electron chi connectivity index (χ0n) is 13.8. The fourth-order valence-electron chi connectivity index (χ4n) is 3.41. The van der Waals surface area contributed by atoms with Crippen LogP contribution >= 0.6 is 0 Å². The van der Waals surface area contributed by atoms with Gasteiger partial charge in [0, 0.05) is 26.2 Å². The number of carboxylic acids is 1. The van der Waals surface area contributed by atoms with Crippen molar-refractivity contribution in [3.63, 3.8) is 0 Å². The number of carbonyl (C=O) groups excluding carboxylic acids is 1. The molecule has 2 N–H and O–H groups in total. The first-order valence-electron chi connectivity index (χ1n) is 8.25. The number of nitrogens with zero attached hydrogens (tertiary/aromatic N) is 2. The lowest BCUT2D eigenvalue weighted by Crippen LogP contribution is -2.54. The molecule has 2 saturated heterocycles. The maximum absolute atomic E-state index is 12.6. The van der Waals surface area contributed by atoms with Crippen LogP contribution in [-0.4, -0.2) is 67.3 Å². The third-order valence-electron chi connectivity index (χ3n) is 4.76. The summed E-state index contributed by atoms with van der Waals surface area (Å²) in [6.45, 7) is 2.74. The van der Waals surface area contributed by atoms with E-state index in [1.807, 2.05) is 29.2 Å². The van der Waals surface area contributed by atoms with Crippen LogP contribution < -0.4 is 15.0 Å². The number of hydrogen-bond acceptors (Lipinski definition) is 5. The summed E-state index contributed by atoms with van der Waals surface area (Å²) in [7, 11) is 1.66. The number of methoxy groups -OCH3 is 1. The Hall–Kier alpha value is -2.28. The van der Waals surface area contributed by atoms with Crippen LogP contribution in [0.1, 0.15) is 12.8 Å². The van der Waals surface area contributed by atoms with Crippen molar-refractivity contribution in [1.29, 1.82) is 0 Å². The van der Waals surface area contributed by atoms with Gasteiger partial charge in [-0.3, -0.25) is 14.9 Å². The van der Waals surface area contributed by atoms with Gasteiger partial charge in [0.2, 0.25) is 5.91 Å². The number of carbonyl (C=O) groups is 2. The zero-order valence-corrected chi connectivity index (χ0v) is 13.8. The Morgan fingerprint density at radius 3 is 2.42 bits per heavy atom. The van der Waals surface area contributed by atoms with Gasteiger partial charge in [0.1, 0.15) is 11.8 Å². The van der Waals surface area contributed by atoms with Crippen molar-refractivity contribution in [2.45, 2.75) is 24.9 Å². The van der Waals surface area contributed by atoms with Gasteiger partial charge in [0.15, 0.2) is 0 Å². The summed E-state index contributed by atoms with van der Waals surface area (Å²) in [5.74, 6) is -0.0382. The number of ether oxygens (including phenoxy) is 1. The SMILES string of the molecule is COc1ccccc1N1CCN(C(=O)[C@H]2CC[C@@H](C(=O)O)N2)CC1. The highest BCUT2D eigenvalue weighted by Crippen LogP contribution is 2.28. The molecule has 0 unspecified atom stereocenters. The summed E-state index contributed by atoms with van der Waals surface area (Å²) < 4.78 is 5.40. The molecule has 24 heavy (non-hydrogen) atoms. The number of carboxylic acid groups (broad SMARTS) is 1. The third-order valence-corrected chi connectivity index (χ3v) is 4.76. The Balaban J connectivity index is 1.57. The van der Waals surface area contributed by atoms with Crippen molar-refractivity contribution in [1.82, 2.24) is 10.2 Å². The first kappa shape index (κ1) is 16.6. The van der Waals surface area contributed by atoms with Crippen LogP contribution in [0.2, 0.25) is 0 Å². The van der Waals surface area contributed by atoms with E-state index in [0.717, 1.165) is 24.5 Å². The Bertz CT molecular complexity index is 614. The fourth-order valence-corrected chi connectivity index (χ4v) is 3.41. The highest BCUT2D eigenvalue weighted by Gasteiger charge is 2.36. The number of hydrogen-bond donors (Lipinski definition) is 2. The van der Waals surface area contributed by atoms with Gasteiger partial charge in [0.25, 0.3) is 0 Å². The molecule has 7 nitrogen and oxygen atoms in total. The monoisotopic (exact) mass is 333 g/mol. The zero-order chi connectivity index (χ0) is 17.1. The molecule has 2 heterocycles. The van der Waals surface area contributed by atoms with Gasteiger partial charge in [-0.05, 0) is 25.0 Å². The van der Waals surface area contributed by atoms with Crippen molar-refractivity contribution in [3.8, 4) is 5.75 Å². The van der Waals surface area contributed by atoms with Crippen LogP contribution in [-0.2, 0) is 9.59 Å². The van der Waals surface area contributed by atoms with E-state index in [0.29, 0.717) is 25.9 Å². The van der Waals surface area contributed by atoms with Crippen LogP contribution in [0.4, 0.5) is 5.69 Å². The summed E-state index contributed by atoms with van der Waals surface area (Å²) in [6, 6.07) is 6.89. The highest BCUT2D eigenvalue weighted by atomic mass is 16.5. The van der Waals surface area contributed by atoms with Gasteiger partial charge >= 0.3 is 5.97 Å². The van der Waals surface area contributed by atoms with E-state index >= 15 is 0 Å². The molecule has 0 saturated carbocycles. The number of nitrogens with one attached hydrogen (secondary N) is 1. The van der Waals surface area contributed by atoms with Gasteiger partial charge in [-0.2, -0.15) is 0 Å². The number of anilines is 1. The second-order valence-electron chi connectivity index (χ2n) is 6.17. The number of para-hydroxylation sites is 2. The summed E-state index contributed by atoms with van der Waals surface area (Å²) >= 11 is 0. The van der Waals surface area contributed by atoms with Crippen molar-refractivity contribution in [2.24, 2.45) is 0 Å². The van der Waals surface area contributed by atoms with E-state index in [4.69, 9.17) is 9.84 Å². The van der Waals surface area contributed by atoms with E-state index in [-0.39, 0.29) is 11.9 Å². The molecule has 0 aliphatic carbocycles. The minimum absolute atomic E-state index is 0.0124. The summed E-state index contributed by atoms with van der Waals surface area (Å²) in [5.41, 5.74) is 1.04. The number of rotatable bonds is 4. The fraction of sp³-hybridized carbons (Fsp3) is 0.529. The van der Waals surface area contributed by atoms with Gasteiger partial charge in [-0.25, -0.2) is 0 Å². The third kappa shape index (κ3) is 3.31. The van der Waals surface area contributed by atoms with E-state index in [9.17, 15) is 9.59 Å². The number of amides is 1. The summed E-state index contributed by atoms with van der Waals surface area (Å²) in [6.07, 6.45) is 1.09. The Kier molecular flexibility index (Phi) is 4.89. The number of aliphatic carboxylic acids is 1. The van der Waals surface area contributed by atoms with Gasteiger partial charge < -0.3 is 19.6 Å². The molecule has 3 rings (SSSR count). The summed E-state index contributed by atoms with van der Waals surface area (Å²) in [4.78, 5) is 27.6. The lowest BCUT2D eigenvalue weighted by molar-refractivity contribution is -0.139. The largest absolute Gasteiger partial charge is 0.495 e. The minimum atomic E-state index is -0.883. The number of piperazine rings is 1. The van der Waals surface area contributed by atoms with E-state index in [2.05, 4.69) is 10.2 Å². The van der Waals surface area contributed by atoms with Crippen molar-refractivity contribution in [2.75, 3.05) is 38.2 Å². The molecule has 2 aliphatic rings. The topological polar surface area (TPSA) is 82.1 Å². The molecular weight excluding hydrogens is 310 g/mol. The lowest BCUT2D eigenvalue weighted by atomic mass is 10.1. The number of benzene rings is 1. The van der Waals surface area contributed by atoms with Gasteiger partial charge in [-0.15, -0.1) is 0 Å². The average molecular weight is 333 g/mol. The molecule has 0 bridgehead atoms. The molecule has 7 heteroatoms. The van der Waals surface area contributed by atoms with E-state index in [1.54, 1.807) is 7.11 Å². The molecule has 0 aromatic heterocycles. The average Bonchev–Trinajstić information content (AvgIpc) is 3.11. The Labute approximate surface area is 141 Å². The van der Waals surface area contributed by atoms with Crippen LogP contribution in [0.15, 0.2) is 24.3 Å². The van der Waals surface area contributed by atoms with E-state index in [1.165, 1.54) is 0 Å². The predicted octanol–water partition coefficient (Wildman–Crippen LogP) is 0.549. The maximum atomic E-state index is 12.6. The van der Waals surface area contributed by atoms with Crippen molar-refractivity contribution in [3.05, 3.63) is 24.3 Å². The van der Waals surface area contributed by atoms with Crippen molar-refractivity contribution < 1.29 is 19.4 Å². The predicted molar refractivity (Wildman–Crippen MR) is 89.4 cm³/mol. The van der Waals surface area contributed by atoms with Crippen LogP contribution in [0.25, 0.3) is 0 Å². The maximum Gasteiger partial charge on any atom is 0.320 e. The van der Waals surface area contributed by atoms with E-state index < -0.39 is 12.0 Å². The molecule has 1 aromatic rings. The smallest absolute Gasteiger partial charge is 0.320 e. The molecule has 2 atom stereocenters. The van der Waals surface area contributed by atoms with Crippen molar-refractivity contribution >= 4 is 17.6 Å². The molecule has 130 valence electrons. The second kappa shape index (κ2) is 7.09. The standard InChI is InChI=1S/C17H23N3O4/c1-24-15-5-3-2-4-14(15)19-8-10-20(11-9-19)16(21)12-6-7-13(18-12)17(22)23/h2-5,12-13,18H,6-11H2,1H3,(H,22,23)/t12-,13+/m1/s1. The Morgan fingerprint density at radius 2 is 1.79 bits per heavy atom. The molecular formula is C17H23N3O4. The van der Waals surface area contributed by atoms with Crippen LogP contribution in [0, 0.1) is 0 Å². The van der Waals surface area contributed by atoms with Crippen LogP contribution in [0.3, 0.4) is 0 Å². The highest BCUT2D eigenvalue weighted by molar-refractivity contribution is 5.84. The first-order chi connectivity index (χ1) is 11.6. The quantitative estimate of drug-likeness (QED) is 0.837. The minimum Gasteiger partial charge on any atom is -0.495 e. The first-order valence-corrected chi connectivity index (χ1v) is 8.25. The van der Waals surface area contributed by atoms with Crippen LogP contribution in [0.5, 0.6) is 5.75 Å². The molecule has 0 spiro atoms. The summed E-state index contributed by atoms with van der Waals surface area (Å²) in [5, 5.41) is 12.0. The Morgan fingerprint density at radius 1 is 1.12 bits per heavy atom.